The zero-order chi connectivity index (χ0) is 25.4. The highest BCUT2D eigenvalue weighted by atomic mass is 32.1. The first-order valence-electron chi connectivity index (χ1n) is 12.2. The molecule has 0 bridgehead atoms. The van der Waals surface area contributed by atoms with Crippen LogP contribution in [0.1, 0.15) is 16.8 Å². The molecule has 0 fully saturated rings. The van der Waals surface area contributed by atoms with Crippen molar-refractivity contribution < 1.29 is 14.3 Å². The second-order valence-electron chi connectivity index (χ2n) is 9.12. The van der Waals surface area contributed by atoms with E-state index in [1.807, 2.05) is 79.0 Å². The summed E-state index contributed by atoms with van der Waals surface area (Å²) >= 11 is 3.11. The average molecular weight is 531 g/mol. The summed E-state index contributed by atoms with van der Waals surface area (Å²) in [6.45, 7) is 2.46. The number of benzene rings is 2. The number of hydrogen-bond donors (Lipinski definition) is 0. The van der Waals surface area contributed by atoms with Crippen LogP contribution in [0.3, 0.4) is 0 Å². The summed E-state index contributed by atoms with van der Waals surface area (Å²) in [6.07, 6.45) is 0.818. The molecule has 37 heavy (non-hydrogen) atoms. The number of pyridine rings is 1. The monoisotopic (exact) mass is 530 g/mol. The van der Waals surface area contributed by atoms with E-state index in [4.69, 9.17) is 19.4 Å². The summed E-state index contributed by atoms with van der Waals surface area (Å²) in [5, 5.41) is 3.53. The van der Waals surface area contributed by atoms with Gasteiger partial charge in [0.15, 0.2) is 16.6 Å². The first kappa shape index (κ1) is 23.8. The van der Waals surface area contributed by atoms with Crippen molar-refractivity contribution in [3.05, 3.63) is 65.5 Å². The highest BCUT2D eigenvalue weighted by Gasteiger charge is 2.25. The molecule has 0 radical (unpaired) electrons. The summed E-state index contributed by atoms with van der Waals surface area (Å²) in [7, 11) is 4.08. The van der Waals surface area contributed by atoms with Crippen molar-refractivity contribution in [2.75, 3.05) is 45.3 Å². The third kappa shape index (κ3) is 4.77. The van der Waals surface area contributed by atoms with Gasteiger partial charge in [-0.15, -0.1) is 11.3 Å². The Balaban J connectivity index is 1.45. The molecule has 1 aliphatic rings. The number of ether oxygens (including phenoxy) is 2. The van der Waals surface area contributed by atoms with E-state index in [9.17, 15) is 4.79 Å². The number of aromatic nitrogens is 2. The van der Waals surface area contributed by atoms with Gasteiger partial charge in [0.25, 0.3) is 5.91 Å². The number of rotatable bonds is 7. The Morgan fingerprint density at radius 1 is 0.946 bits per heavy atom. The molecule has 0 N–H and O–H groups in total. The maximum Gasteiger partial charge on any atom is 0.260 e. The van der Waals surface area contributed by atoms with E-state index in [0.29, 0.717) is 36.2 Å². The molecule has 0 spiro atoms. The number of thiazole rings is 1. The number of thiophene rings is 1. The Morgan fingerprint density at radius 3 is 2.54 bits per heavy atom. The second kappa shape index (κ2) is 10.1. The van der Waals surface area contributed by atoms with Crippen molar-refractivity contribution >= 4 is 54.8 Å². The van der Waals surface area contributed by atoms with Gasteiger partial charge in [0.1, 0.15) is 13.2 Å². The fraction of sp³-hybridized carbons (Fsp3) is 0.250. The summed E-state index contributed by atoms with van der Waals surface area (Å²) in [5.41, 5.74) is 3.03. The van der Waals surface area contributed by atoms with E-state index >= 15 is 0 Å². The van der Waals surface area contributed by atoms with Gasteiger partial charge in [0.05, 0.1) is 31.9 Å². The predicted molar refractivity (Wildman–Crippen MR) is 151 cm³/mol. The van der Waals surface area contributed by atoms with E-state index < -0.39 is 0 Å². The van der Waals surface area contributed by atoms with Gasteiger partial charge in [-0.3, -0.25) is 9.69 Å². The summed E-state index contributed by atoms with van der Waals surface area (Å²) in [6, 6.07) is 17.6. The lowest BCUT2D eigenvalue weighted by atomic mass is 10.1. The van der Waals surface area contributed by atoms with Crippen molar-refractivity contribution in [3.8, 4) is 22.1 Å². The highest BCUT2D eigenvalue weighted by Crippen LogP contribution is 2.39. The molecule has 0 aliphatic carbocycles. The fourth-order valence-corrected chi connectivity index (χ4v) is 6.13. The van der Waals surface area contributed by atoms with Gasteiger partial charge in [0, 0.05) is 24.1 Å². The van der Waals surface area contributed by atoms with E-state index in [-0.39, 0.29) is 5.91 Å². The normalized spacial score (nSPS) is 12.9. The van der Waals surface area contributed by atoms with Crippen LogP contribution in [0.15, 0.2) is 60.0 Å². The van der Waals surface area contributed by atoms with Crippen LogP contribution in [0, 0.1) is 0 Å². The number of carbonyl (C=O) groups is 1. The van der Waals surface area contributed by atoms with Crippen LogP contribution in [-0.4, -0.2) is 61.2 Å². The topological polar surface area (TPSA) is 67.8 Å². The van der Waals surface area contributed by atoms with Crippen LogP contribution in [0.5, 0.6) is 11.5 Å². The molecule has 1 aliphatic heterocycles. The molecular weight excluding hydrogens is 504 g/mol. The van der Waals surface area contributed by atoms with Gasteiger partial charge in [-0.25, -0.2) is 9.97 Å². The molecule has 6 rings (SSSR count). The minimum Gasteiger partial charge on any atom is -0.486 e. The summed E-state index contributed by atoms with van der Waals surface area (Å²) < 4.78 is 12.5. The second-order valence-corrected chi connectivity index (χ2v) is 11.1. The zero-order valence-electron chi connectivity index (χ0n) is 20.6. The third-order valence-electron chi connectivity index (χ3n) is 6.22. The largest absolute Gasteiger partial charge is 0.486 e. The molecule has 1 amide bonds. The third-order valence-corrected chi connectivity index (χ3v) is 8.16. The summed E-state index contributed by atoms with van der Waals surface area (Å²) in [4.78, 5) is 29.0. The number of amides is 1. The maximum atomic E-state index is 14.3. The molecule has 0 unspecified atom stereocenters. The standard InChI is InChI=1S/C28H26N4O3S2/c1-31(2)10-6-11-32(28-30-22-16-23-24(17-26(22)37-28)35-13-12-34-23)27(33)19-15-21(25-9-5-14-36-25)29-20-8-4-3-7-18(19)20/h3-5,7-9,14-17H,6,10-13H2,1-2H3. The Morgan fingerprint density at radius 2 is 1.76 bits per heavy atom. The van der Waals surface area contributed by atoms with Crippen molar-refractivity contribution in [3.63, 3.8) is 0 Å². The molecule has 0 atom stereocenters. The number of para-hydroxylation sites is 1. The Labute approximate surface area is 222 Å². The van der Waals surface area contributed by atoms with E-state index in [1.165, 1.54) is 11.3 Å². The number of anilines is 1. The Kier molecular flexibility index (Phi) is 6.50. The van der Waals surface area contributed by atoms with Crippen molar-refractivity contribution in [2.45, 2.75) is 6.42 Å². The summed E-state index contributed by atoms with van der Waals surface area (Å²) in [5.74, 6) is 1.34. The molecule has 2 aromatic carbocycles. The minimum absolute atomic E-state index is 0.0773. The Bertz CT molecular complexity index is 1540. The smallest absolute Gasteiger partial charge is 0.260 e. The molecule has 9 heteroatoms. The van der Waals surface area contributed by atoms with Gasteiger partial charge in [-0.05, 0) is 50.6 Å². The SMILES string of the molecule is CN(C)CCCN(C(=O)c1cc(-c2cccs2)nc2ccccc12)c1nc2cc3c(cc2s1)OCCO3. The zero-order valence-corrected chi connectivity index (χ0v) is 22.3. The van der Waals surface area contributed by atoms with Gasteiger partial charge in [-0.2, -0.15) is 0 Å². The first-order chi connectivity index (χ1) is 18.1. The molecule has 3 aromatic heterocycles. The average Bonchev–Trinajstić information content (AvgIpc) is 3.59. The van der Waals surface area contributed by atoms with Gasteiger partial charge < -0.3 is 14.4 Å². The minimum atomic E-state index is -0.0773. The lowest BCUT2D eigenvalue weighted by molar-refractivity contribution is 0.0987. The van der Waals surface area contributed by atoms with Crippen LogP contribution in [0.25, 0.3) is 31.7 Å². The van der Waals surface area contributed by atoms with Crippen LogP contribution in [0.2, 0.25) is 0 Å². The van der Waals surface area contributed by atoms with Crippen LogP contribution >= 0.6 is 22.7 Å². The Hall–Kier alpha value is -3.53. The van der Waals surface area contributed by atoms with Gasteiger partial charge >= 0.3 is 0 Å². The quantitative estimate of drug-likeness (QED) is 0.259. The number of nitrogens with zero attached hydrogens (tertiary/aromatic N) is 4. The fourth-order valence-electron chi connectivity index (χ4n) is 4.45. The van der Waals surface area contributed by atoms with Crippen LogP contribution in [-0.2, 0) is 0 Å². The molecule has 7 nitrogen and oxygen atoms in total. The predicted octanol–water partition coefficient (Wildman–Crippen LogP) is 5.94. The molecule has 0 saturated carbocycles. The van der Waals surface area contributed by atoms with Gasteiger partial charge in [0.2, 0.25) is 0 Å². The van der Waals surface area contributed by atoms with E-state index in [1.54, 1.807) is 11.3 Å². The van der Waals surface area contributed by atoms with Crippen molar-refractivity contribution in [2.24, 2.45) is 0 Å². The van der Waals surface area contributed by atoms with Crippen LogP contribution < -0.4 is 14.4 Å². The molecular formula is C28H26N4O3S2. The molecule has 188 valence electrons. The lowest BCUT2D eigenvalue weighted by Crippen LogP contribution is -2.33. The highest BCUT2D eigenvalue weighted by molar-refractivity contribution is 7.22. The van der Waals surface area contributed by atoms with Crippen molar-refractivity contribution in [1.29, 1.82) is 0 Å². The van der Waals surface area contributed by atoms with Crippen molar-refractivity contribution in [1.82, 2.24) is 14.9 Å². The number of hydrogen-bond acceptors (Lipinski definition) is 8. The number of fused-ring (bicyclic) bond motifs is 3. The van der Waals surface area contributed by atoms with E-state index in [0.717, 1.165) is 50.4 Å². The molecule has 5 aromatic rings. The number of carbonyl (C=O) groups excluding carboxylic acids is 1. The maximum absolute atomic E-state index is 14.3. The van der Waals surface area contributed by atoms with Crippen LogP contribution in [0.4, 0.5) is 5.13 Å². The first-order valence-corrected chi connectivity index (χ1v) is 13.9. The lowest BCUT2D eigenvalue weighted by Gasteiger charge is -2.22. The van der Waals surface area contributed by atoms with E-state index in [2.05, 4.69) is 4.90 Å². The van der Waals surface area contributed by atoms with Gasteiger partial charge in [-0.1, -0.05) is 35.6 Å². The molecule has 0 saturated heterocycles. The molecule has 4 heterocycles.